The summed E-state index contributed by atoms with van der Waals surface area (Å²) in [6.45, 7) is 12.3. The van der Waals surface area contributed by atoms with Crippen molar-refractivity contribution in [2.45, 2.75) is 39.8 Å². The van der Waals surface area contributed by atoms with E-state index in [-0.39, 0.29) is 0 Å². The topological polar surface area (TPSA) is 43.8 Å². The third-order valence-electron chi connectivity index (χ3n) is 4.53. The van der Waals surface area contributed by atoms with E-state index in [2.05, 4.69) is 53.0 Å². The van der Waals surface area contributed by atoms with Gasteiger partial charge in [0.05, 0.1) is 17.2 Å². The van der Waals surface area contributed by atoms with E-state index in [0.29, 0.717) is 6.04 Å². The Bertz CT molecular complexity index is 584. The molecule has 2 aliphatic rings. The lowest BCUT2D eigenvalue weighted by Crippen LogP contribution is -2.42. The SMILES string of the molecule is CCNC(=NCc1sc(C)nc1C)N1CCC(N2CC=CC2)C1. The van der Waals surface area contributed by atoms with Crippen molar-refractivity contribution in [3.05, 3.63) is 27.7 Å². The van der Waals surface area contributed by atoms with E-state index in [0.717, 1.165) is 55.9 Å². The smallest absolute Gasteiger partial charge is 0.194 e. The molecule has 126 valence electrons. The van der Waals surface area contributed by atoms with Crippen molar-refractivity contribution in [3.8, 4) is 0 Å². The summed E-state index contributed by atoms with van der Waals surface area (Å²) >= 11 is 1.76. The van der Waals surface area contributed by atoms with E-state index >= 15 is 0 Å². The second kappa shape index (κ2) is 7.45. The summed E-state index contributed by atoms with van der Waals surface area (Å²) in [5, 5.41) is 4.58. The number of aliphatic imine (C=N–C) groups is 1. The van der Waals surface area contributed by atoms with Gasteiger partial charge in [-0.2, -0.15) is 0 Å². The van der Waals surface area contributed by atoms with Gasteiger partial charge in [0, 0.05) is 43.6 Å². The van der Waals surface area contributed by atoms with Crippen LogP contribution in [0.4, 0.5) is 0 Å². The minimum atomic E-state index is 0.654. The molecule has 1 atom stereocenters. The molecule has 1 aromatic rings. The van der Waals surface area contributed by atoms with E-state index in [4.69, 9.17) is 4.99 Å². The second-order valence-corrected chi connectivity index (χ2v) is 7.51. The minimum Gasteiger partial charge on any atom is -0.357 e. The fourth-order valence-electron chi connectivity index (χ4n) is 3.32. The molecule has 5 nitrogen and oxygen atoms in total. The number of guanidine groups is 1. The highest BCUT2D eigenvalue weighted by Gasteiger charge is 2.29. The van der Waals surface area contributed by atoms with E-state index in [1.165, 1.54) is 11.3 Å². The van der Waals surface area contributed by atoms with Gasteiger partial charge < -0.3 is 10.2 Å². The summed E-state index contributed by atoms with van der Waals surface area (Å²) in [5.74, 6) is 1.05. The third kappa shape index (κ3) is 3.93. The van der Waals surface area contributed by atoms with E-state index < -0.39 is 0 Å². The van der Waals surface area contributed by atoms with Crippen LogP contribution in [0.3, 0.4) is 0 Å². The average Bonchev–Trinajstić information content (AvgIpc) is 3.24. The first kappa shape index (κ1) is 16.5. The van der Waals surface area contributed by atoms with Crippen molar-refractivity contribution in [1.29, 1.82) is 0 Å². The molecule has 1 aromatic heterocycles. The van der Waals surface area contributed by atoms with Gasteiger partial charge in [0.15, 0.2) is 5.96 Å². The van der Waals surface area contributed by atoms with Crippen molar-refractivity contribution in [1.82, 2.24) is 20.1 Å². The number of nitrogens with one attached hydrogen (secondary N) is 1. The van der Waals surface area contributed by atoms with Crippen LogP contribution in [0.1, 0.15) is 28.9 Å². The van der Waals surface area contributed by atoms with Gasteiger partial charge in [-0.1, -0.05) is 12.2 Å². The fourth-order valence-corrected chi connectivity index (χ4v) is 4.18. The average molecular weight is 334 g/mol. The number of thiazole rings is 1. The fraction of sp³-hybridized carbons (Fsp3) is 0.647. The van der Waals surface area contributed by atoms with E-state index in [1.54, 1.807) is 11.3 Å². The Morgan fingerprint density at radius 3 is 2.83 bits per heavy atom. The Morgan fingerprint density at radius 1 is 1.39 bits per heavy atom. The molecule has 0 saturated carbocycles. The summed E-state index contributed by atoms with van der Waals surface area (Å²) in [4.78, 5) is 15.6. The first-order valence-corrected chi connectivity index (χ1v) is 9.34. The molecular formula is C17H27N5S. The van der Waals surface area contributed by atoms with Gasteiger partial charge in [0.25, 0.3) is 0 Å². The zero-order valence-electron chi connectivity index (χ0n) is 14.4. The van der Waals surface area contributed by atoms with Gasteiger partial charge in [-0.15, -0.1) is 11.3 Å². The van der Waals surface area contributed by atoms with Crippen LogP contribution in [0.2, 0.25) is 0 Å². The summed E-state index contributed by atoms with van der Waals surface area (Å²) in [6.07, 6.45) is 5.78. The highest BCUT2D eigenvalue weighted by molar-refractivity contribution is 7.11. The zero-order chi connectivity index (χ0) is 16.2. The molecule has 0 bridgehead atoms. The maximum absolute atomic E-state index is 4.87. The maximum atomic E-state index is 4.87. The highest BCUT2D eigenvalue weighted by Crippen LogP contribution is 2.20. The van der Waals surface area contributed by atoms with Gasteiger partial charge in [-0.25, -0.2) is 9.98 Å². The summed E-state index contributed by atoms with van der Waals surface area (Å²) in [5.41, 5.74) is 1.12. The highest BCUT2D eigenvalue weighted by atomic mass is 32.1. The van der Waals surface area contributed by atoms with Gasteiger partial charge in [-0.05, 0) is 27.2 Å². The molecule has 2 aliphatic heterocycles. The van der Waals surface area contributed by atoms with Crippen LogP contribution in [0.15, 0.2) is 17.1 Å². The molecular weight excluding hydrogens is 306 g/mol. The van der Waals surface area contributed by atoms with Crippen LogP contribution in [-0.2, 0) is 6.54 Å². The quantitative estimate of drug-likeness (QED) is 0.521. The molecule has 0 radical (unpaired) electrons. The van der Waals surface area contributed by atoms with Crippen LogP contribution in [-0.4, -0.2) is 59.5 Å². The molecule has 6 heteroatoms. The lowest BCUT2D eigenvalue weighted by Gasteiger charge is -2.25. The largest absolute Gasteiger partial charge is 0.357 e. The molecule has 0 spiro atoms. The van der Waals surface area contributed by atoms with Gasteiger partial charge >= 0.3 is 0 Å². The third-order valence-corrected chi connectivity index (χ3v) is 5.59. The van der Waals surface area contributed by atoms with Crippen molar-refractivity contribution >= 4 is 17.3 Å². The summed E-state index contributed by atoms with van der Waals surface area (Å²) in [6, 6.07) is 0.654. The Hall–Kier alpha value is -1.40. The lowest BCUT2D eigenvalue weighted by molar-refractivity contribution is 0.259. The van der Waals surface area contributed by atoms with Gasteiger partial charge in [0.2, 0.25) is 0 Å². The van der Waals surface area contributed by atoms with Crippen LogP contribution < -0.4 is 5.32 Å². The Kier molecular flexibility index (Phi) is 5.33. The first-order chi connectivity index (χ1) is 11.2. The normalized spacial score (nSPS) is 22.3. The number of aromatic nitrogens is 1. The monoisotopic (exact) mass is 333 g/mol. The van der Waals surface area contributed by atoms with Crippen molar-refractivity contribution < 1.29 is 0 Å². The maximum Gasteiger partial charge on any atom is 0.194 e. The molecule has 1 N–H and O–H groups in total. The molecule has 0 amide bonds. The second-order valence-electron chi connectivity index (χ2n) is 6.23. The van der Waals surface area contributed by atoms with Crippen LogP contribution in [0, 0.1) is 13.8 Å². The predicted octanol–water partition coefficient (Wildman–Crippen LogP) is 2.17. The zero-order valence-corrected chi connectivity index (χ0v) is 15.2. The number of hydrogen-bond acceptors (Lipinski definition) is 4. The van der Waals surface area contributed by atoms with E-state index in [1.807, 2.05) is 0 Å². The lowest BCUT2D eigenvalue weighted by atomic mass is 10.2. The number of aryl methyl sites for hydroxylation is 2. The molecule has 0 aromatic carbocycles. The van der Waals surface area contributed by atoms with Crippen molar-refractivity contribution in [2.24, 2.45) is 4.99 Å². The molecule has 1 unspecified atom stereocenters. The van der Waals surface area contributed by atoms with Crippen molar-refractivity contribution in [2.75, 3.05) is 32.7 Å². The Balaban J connectivity index is 1.64. The van der Waals surface area contributed by atoms with Crippen LogP contribution in [0.25, 0.3) is 0 Å². The van der Waals surface area contributed by atoms with Crippen LogP contribution in [0.5, 0.6) is 0 Å². The predicted molar refractivity (Wildman–Crippen MR) is 97.1 cm³/mol. The number of rotatable bonds is 4. The molecule has 23 heavy (non-hydrogen) atoms. The van der Waals surface area contributed by atoms with Gasteiger partial charge in [-0.3, -0.25) is 4.90 Å². The number of likely N-dealkylation sites (tertiary alicyclic amines) is 1. The number of nitrogens with zero attached hydrogens (tertiary/aromatic N) is 4. The first-order valence-electron chi connectivity index (χ1n) is 8.52. The van der Waals surface area contributed by atoms with E-state index in [9.17, 15) is 0 Å². The standard InChI is InChI=1S/C17H27N5S/c1-4-18-17(19-11-16-13(2)20-14(3)23-16)22-10-7-15(12-22)21-8-5-6-9-21/h5-6,15H,4,7-12H2,1-3H3,(H,18,19). The molecule has 3 heterocycles. The molecule has 1 saturated heterocycles. The molecule has 0 aliphatic carbocycles. The Labute approximate surface area is 143 Å². The number of hydrogen-bond donors (Lipinski definition) is 1. The molecule has 1 fully saturated rings. The molecule has 3 rings (SSSR count). The van der Waals surface area contributed by atoms with Crippen LogP contribution >= 0.6 is 11.3 Å². The Morgan fingerprint density at radius 2 is 2.17 bits per heavy atom. The summed E-state index contributed by atoms with van der Waals surface area (Å²) < 4.78 is 0. The van der Waals surface area contributed by atoms with Crippen molar-refractivity contribution in [3.63, 3.8) is 0 Å². The summed E-state index contributed by atoms with van der Waals surface area (Å²) in [7, 11) is 0. The minimum absolute atomic E-state index is 0.654. The van der Waals surface area contributed by atoms with Gasteiger partial charge in [0.1, 0.15) is 0 Å².